The van der Waals surface area contributed by atoms with Gasteiger partial charge in [0, 0.05) is 83.0 Å². The van der Waals surface area contributed by atoms with Crippen molar-refractivity contribution in [3.05, 3.63) is 179 Å². The van der Waals surface area contributed by atoms with Crippen LogP contribution in [0.5, 0.6) is 0 Å². The predicted molar refractivity (Wildman–Crippen MR) is 346 cm³/mol. The molecule has 9 rings (SSSR count). The smallest absolute Gasteiger partial charge is 0.407 e. The molecule has 19 heteroatoms. The second-order valence-corrected chi connectivity index (χ2v) is 21.9. The molecule has 0 atom stereocenters. The number of fused-ring (bicyclic) bond motifs is 9. The highest BCUT2D eigenvalue weighted by Gasteiger charge is 2.32. The third-order valence-electron chi connectivity index (χ3n) is 15.4. The molecule has 3 N–H and O–H groups in total. The van der Waals surface area contributed by atoms with E-state index < -0.39 is 12.1 Å². The Morgan fingerprint density at radius 1 is 0.359 bits per heavy atom. The van der Waals surface area contributed by atoms with E-state index in [0.29, 0.717) is 111 Å². The zero-order valence-electron chi connectivity index (χ0n) is 52.7. The fourth-order valence-electron chi connectivity index (χ4n) is 11.0. The number of Topliss-reactive ketones (excluding diaryl/α,β-unsaturated/α-hetero) is 2. The van der Waals surface area contributed by atoms with Crippen LogP contribution in [0.1, 0.15) is 116 Å². The van der Waals surface area contributed by atoms with Crippen LogP contribution in [0.3, 0.4) is 0 Å². The highest BCUT2D eigenvalue weighted by atomic mass is 16.6. The number of carbonyl (C=O) groups is 7. The third kappa shape index (κ3) is 22.7. The highest BCUT2D eigenvalue weighted by Crippen LogP contribution is 2.47. The molecule has 490 valence electrons. The Balaban J connectivity index is 0.000000199. The number of esters is 2. The lowest BCUT2D eigenvalue weighted by Crippen LogP contribution is -2.29. The highest BCUT2D eigenvalue weighted by molar-refractivity contribution is 5.83. The SMILES string of the molecule is CCOCC(=O)CCCNC(=O)COCCOCCCC(=O)OCC1c2ccccc2-c2ccccc21.CCOCC(=O)CCCNC(=O)OCC1c2ccccc2-c2ccccc21.O=C(O)COCCOCCCC(=O)OCC1c2ccccc2-c2ccccc21. The van der Waals surface area contributed by atoms with Crippen molar-refractivity contribution in [1.82, 2.24) is 10.6 Å². The number of alkyl carbamates (subject to hydrolysis) is 1. The van der Waals surface area contributed by atoms with Gasteiger partial charge in [0.25, 0.3) is 0 Å². The first kappa shape index (κ1) is 71.0. The van der Waals surface area contributed by atoms with Gasteiger partial charge in [-0.15, -0.1) is 0 Å². The molecule has 0 fully saturated rings. The summed E-state index contributed by atoms with van der Waals surface area (Å²) < 4.78 is 47.6. The second kappa shape index (κ2) is 39.7. The van der Waals surface area contributed by atoms with Gasteiger partial charge in [0.15, 0.2) is 11.6 Å². The molecule has 6 aromatic carbocycles. The Kier molecular flexibility index (Phi) is 30.7. The van der Waals surface area contributed by atoms with Crippen molar-refractivity contribution in [2.45, 2.75) is 83.0 Å². The fourth-order valence-corrected chi connectivity index (χ4v) is 11.0. The zero-order chi connectivity index (χ0) is 65.1. The Hall–Kier alpha value is -8.43. The van der Waals surface area contributed by atoms with E-state index in [2.05, 4.69) is 83.4 Å². The lowest BCUT2D eigenvalue weighted by Gasteiger charge is -2.14. The minimum Gasteiger partial charge on any atom is -0.480 e. The molecule has 0 unspecified atom stereocenters. The van der Waals surface area contributed by atoms with Crippen molar-refractivity contribution in [2.24, 2.45) is 0 Å². The molecule has 0 heterocycles. The van der Waals surface area contributed by atoms with E-state index >= 15 is 0 Å². The van der Waals surface area contributed by atoms with Crippen LogP contribution in [-0.4, -0.2) is 159 Å². The van der Waals surface area contributed by atoms with E-state index in [4.69, 9.17) is 47.7 Å². The molecular weight excluding hydrogens is 1180 g/mol. The standard InChI is InChI=1S/C29H37NO7.C22H25NO4.C22H24O6/c1-2-34-19-22(31)9-7-15-30-28(32)21-36-18-17-35-16-8-14-29(33)37-20-27-25-12-5-3-10-23(25)24-11-4-6-13-26(24)27;1-2-26-14-16(24)8-7-13-23-22(25)27-15-21-19-11-5-3-9-17(19)18-10-4-6-12-20(18)21;23-21(24)15-27-13-12-26-11-5-10-22(25)28-14-20-18-8-3-1-6-16(18)17-7-2-4-9-19(17)20/h3-6,10-13,27H,2,7-9,14-21H2,1H3,(H,30,32);3-6,9-12,21H,2,7-8,13-15H2,1H3,(H,23,25);1-4,6-9,20H,5,10-15H2,(H,23,24). The number of benzene rings is 6. The molecule has 92 heavy (non-hydrogen) atoms. The van der Waals surface area contributed by atoms with Gasteiger partial charge < -0.3 is 58.4 Å². The molecule has 0 bridgehead atoms. The van der Waals surface area contributed by atoms with Gasteiger partial charge in [-0.3, -0.25) is 24.0 Å². The Bertz CT molecular complexity index is 3190. The number of aliphatic carboxylic acids is 1. The van der Waals surface area contributed by atoms with Crippen molar-refractivity contribution in [2.75, 3.05) is 112 Å². The summed E-state index contributed by atoms with van der Waals surface area (Å²) in [5.41, 5.74) is 14.4. The average molecular weight is 1260 g/mol. The van der Waals surface area contributed by atoms with Crippen LogP contribution in [0.25, 0.3) is 33.4 Å². The number of hydrogen-bond donors (Lipinski definition) is 3. The van der Waals surface area contributed by atoms with E-state index in [1.807, 2.05) is 86.6 Å². The van der Waals surface area contributed by atoms with Gasteiger partial charge in [-0.25, -0.2) is 9.59 Å². The summed E-state index contributed by atoms with van der Waals surface area (Å²) in [4.78, 5) is 81.3. The van der Waals surface area contributed by atoms with Gasteiger partial charge in [-0.05, 0) is 106 Å². The Labute approximate surface area is 538 Å². The third-order valence-corrected chi connectivity index (χ3v) is 15.4. The second-order valence-electron chi connectivity index (χ2n) is 21.9. The van der Waals surface area contributed by atoms with Gasteiger partial charge in [-0.2, -0.15) is 0 Å². The molecule has 0 aliphatic heterocycles. The first-order valence-corrected chi connectivity index (χ1v) is 31.7. The lowest BCUT2D eigenvalue weighted by atomic mass is 9.98. The predicted octanol–water partition coefficient (Wildman–Crippen LogP) is 10.8. The summed E-state index contributed by atoms with van der Waals surface area (Å²) in [6, 6.07) is 49.4. The van der Waals surface area contributed by atoms with Crippen LogP contribution in [0.4, 0.5) is 4.79 Å². The molecule has 6 aromatic rings. The number of carboxylic acids is 1. The van der Waals surface area contributed by atoms with E-state index in [-0.39, 0.29) is 99.6 Å². The number of carbonyl (C=O) groups excluding carboxylic acids is 6. The average Bonchev–Trinajstić information content (AvgIpc) is 1.66. The minimum absolute atomic E-state index is 0.0307. The Morgan fingerprint density at radius 2 is 0.685 bits per heavy atom. The largest absolute Gasteiger partial charge is 0.480 e. The van der Waals surface area contributed by atoms with Crippen LogP contribution in [0.15, 0.2) is 146 Å². The lowest BCUT2D eigenvalue weighted by molar-refractivity contribution is -0.145. The van der Waals surface area contributed by atoms with Gasteiger partial charge in [-0.1, -0.05) is 146 Å². The molecule has 0 spiro atoms. The molecule has 19 nitrogen and oxygen atoms in total. The number of rotatable bonds is 38. The molecule has 0 radical (unpaired) electrons. The van der Waals surface area contributed by atoms with Crippen molar-refractivity contribution in [3.8, 4) is 33.4 Å². The number of carboxylic acid groups (broad SMARTS) is 1. The maximum absolute atomic E-state index is 12.3. The molecule has 0 saturated carbocycles. The van der Waals surface area contributed by atoms with E-state index in [9.17, 15) is 33.6 Å². The summed E-state index contributed by atoms with van der Waals surface area (Å²) in [7, 11) is 0. The van der Waals surface area contributed by atoms with Crippen LogP contribution in [0.2, 0.25) is 0 Å². The maximum atomic E-state index is 12.3. The summed E-state index contributed by atoms with van der Waals surface area (Å²) >= 11 is 0. The summed E-state index contributed by atoms with van der Waals surface area (Å²) in [5, 5.41) is 13.9. The van der Waals surface area contributed by atoms with Crippen LogP contribution in [-0.2, 0) is 71.4 Å². The van der Waals surface area contributed by atoms with Crippen molar-refractivity contribution < 1.29 is 81.3 Å². The van der Waals surface area contributed by atoms with Crippen LogP contribution < -0.4 is 10.6 Å². The van der Waals surface area contributed by atoms with E-state index in [1.165, 1.54) is 66.8 Å². The normalized spacial score (nSPS) is 12.3. The first-order valence-electron chi connectivity index (χ1n) is 31.7. The molecule has 3 aliphatic rings. The molecule has 2 amide bonds. The number of ketones is 2. The van der Waals surface area contributed by atoms with Gasteiger partial charge in [0.2, 0.25) is 5.91 Å². The van der Waals surface area contributed by atoms with Gasteiger partial charge >= 0.3 is 24.0 Å². The van der Waals surface area contributed by atoms with Crippen molar-refractivity contribution >= 4 is 41.5 Å². The Morgan fingerprint density at radius 3 is 1.04 bits per heavy atom. The number of nitrogens with one attached hydrogen (secondary N) is 2. The van der Waals surface area contributed by atoms with E-state index in [1.54, 1.807) is 0 Å². The van der Waals surface area contributed by atoms with Gasteiger partial charge in [0.05, 0.1) is 26.4 Å². The van der Waals surface area contributed by atoms with Crippen LogP contribution >= 0.6 is 0 Å². The molecule has 3 aliphatic carbocycles. The van der Waals surface area contributed by atoms with Crippen molar-refractivity contribution in [1.29, 1.82) is 0 Å². The summed E-state index contributed by atoms with van der Waals surface area (Å²) in [6.07, 6.45) is 3.15. The summed E-state index contributed by atoms with van der Waals surface area (Å²) in [6.45, 7) is 8.36. The quantitative estimate of drug-likeness (QED) is 0.0185. The number of amides is 2. The number of hydrogen-bond acceptors (Lipinski definition) is 16. The maximum Gasteiger partial charge on any atom is 0.407 e. The molecule has 0 aromatic heterocycles. The van der Waals surface area contributed by atoms with Crippen LogP contribution in [0, 0.1) is 0 Å². The van der Waals surface area contributed by atoms with Gasteiger partial charge in [0.1, 0.15) is 46.2 Å². The first-order chi connectivity index (χ1) is 45.0. The fraction of sp³-hybridized carbons (Fsp3) is 0.411. The molecule has 0 saturated heterocycles. The molecular formula is C73H86N2O17. The van der Waals surface area contributed by atoms with E-state index in [0.717, 1.165) is 0 Å². The number of ether oxygens (including phenoxy) is 9. The monoisotopic (exact) mass is 1260 g/mol. The van der Waals surface area contributed by atoms with Crippen molar-refractivity contribution in [3.63, 3.8) is 0 Å². The topological polar surface area (TPSA) is 247 Å². The minimum atomic E-state index is -1.00. The summed E-state index contributed by atoms with van der Waals surface area (Å²) in [5.74, 6) is -1.46. The zero-order valence-corrected chi connectivity index (χ0v) is 52.7.